The number of para-hydroxylation sites is 1. The van der Waals surface area contributed by atoms with Gasteiger partial charge in [-0.1, -0.05) is 6.07 Å². The number of nitrogens with zero attached hydrogens (tertiary/aromatic N) is 3. The lowest BCUT2D eigenvalue weighted by atomic mass is 9.81. The van der Waals surface area contributed by atoms with Crippen LogP contribution in [0.2, 0.25) is 0 Å². The largest absolute Gasteiger partial charge is 0.497 e. The van der Waals surface area contributed by atoms with E-state index in [0.717, 1.165) is 78.0 Å². The molecule has 0 spiro atoms. The fourth-order valence-electron chi connectivity index (χ4n) is 5.37. The lowest BCUT2D eigenvalue weighted by Crippen LogP contribution is -2.31. The van der Waals surface area contributed by atoms with Crippen LogP contribution in [0, 0.1) is 11.8 Å². The number of fused-ring (bicyclic) bond motifs is 2. The predicted molar refractivity (Wildman–Crippen MR) is 134 cm³/mol. The number of amides is 1. The summed E-state index contributed by atoms with van der Waals surface area (Å²) < 4.78 is 14.8. The van der Waals surface area contributed by atoms with E-state index in [1.54, 1.807) is 18.7 Å². The number of nitrogens with one attached hydrogen (secondary N) is 1. The van der Waals surface area contributed by atoms with Crippen molar-refractivity contribution in [3.63, 3.8) is 0 Å². The first-order valence-electron chi connectivity index (χ1n) is 12.5. The van der Waals surface area contributed by atoms with Gasteiger partial charge < -0.3 is 14.5 Å². The number of methoxy groups -OCH3 is 1. The Morgan fingerprint density at radius 2 is 1.91 bits per heavy atom. The van der Waals surface area contributed by atoms with E-state index in [0.29, 0.717) is 18.4 Å². The molecule has 1 N–H and O–H groups in total. The molecule has 8 heteroatoms. The molecule has 4 aromatic rings. The van der Waals surface area contributed by atoms with Gasteiger partial charge in [0.25, 0.3) is 0 Å². The third-order valence-electron chi connectivity index (χ3n) is 7.63. The minimum atomic E-state index is -0.0411. The summed E-state index contributed by atoms with van der Waals surface area (Å²) in [5.74, 6) is 2.30. The Balaban J connectivity index is 1.13. The molecule has 2 heterocycles. The lowest BCUT2D eigenvalue weighted by molar-refractivity contribution is -0.121. The highest BCUT2D eigenvalue weighted by Crippen LogP contribution is 2.41. The van der Waals surface area contributed by atoms with Crippen LogP contribution in [-0.2, 0) is 18.4 Å². The van der Waals surface area contributed by atoms with Crippen LogP contribution in [0.3, 0.4) is 0 Å². The average molecular weight is 475 g/mol. The van der Waals surface area contributed by atoms with Crippen molar-refractivity contribution in [1.82, 2.24) is 14.1 Å². The van der Waals surface area contributed by atoms with Crippen LogP contribution in [0.15, 0.2) is 45.6 Å². The van der Waals surface area contributed by atoms with Crippen molar-refractivity contribution in [2.75, 3.05) is 12.4 Å². The summed E-state index contributed by atoms with van der Waals surface area (Å²) in [7, 11) is 3.44. The minimum absolute atomic E-state index is 0.0145. The first-order valence-corrected chi connectivity index (χ1v) is 12.5. The van der Waals surface area contributed by atoms with Gasteiger partial charge in [0, 0.05) is 31.5 Å². The number of carbonyl (C=O) groups excluding carboxylic acids is 1. The number of aromatic nitrogens is 3. The smallest absolute Gasteiger partial charge is 0.328 e. The number of hydrogen-bond donors (Lipinski definition) is 1. The van der Waals surface area contributed by atoms with Crippen molar-refractivity contribution >= 4 is 33.7 Å². The van der Waals surface area contributed by atoms with E-state index in [1.165, 1.54) is 0 Å². The zero-order valence-electron chi connectivity index (χ0n) is 20.1. The second-order valence-corrected chi connectivity index (χ2v) is 9.99. The highest BCUT2D eigenvalue weighted by molar-refractivity contribution is 6.00. The van der Waals surface area contributed by atoms with Crippen LogP contribution >= 0.6 is 0 Å². The summed E-state index contributed by atoms with van der Waals surface area (Å²) in [6.45, 7) is 0.653. The van der Waals surface area contributed by atoms with Gasteiger partial charge in [-0.25, -0.2) is 9.78 Å². The van der Waals surface area contributed by atoms with Crippen molar-refractivity contribution < 1.29 is 13.9 Å². The molecule has 182 valence electrons. The normalized spacial score (nSPS) is 20.4. The first-order chi connectivity index (χ1) is 17.0. The summed E-state index contributed by atoms with van der Waals surface area (Å²) in [4.78, 5) is 30.6. The molecule has 2 aromatic heterocycles. The second-order valence-electron chi connectivity index (χ2n) is 9.99. The molecule has 0 radical (unpaired) electrons. The molecule has 6 rings (SSSR count). The number of benzene rings is 2. The summed E-state index contributed by atoms with van der Waals surface area (Å²) in [5, 5.41) is 3.11. The Bertz CT molecular complexity index is 1470. The predicted octanol–water partition coefficient (Wildman–Crippen LogP) is 4.81. The fraction of sp³-hybridized carbons (Fsp3) is 0.444. The summed E-state index contributed by atoms with van der Waals surface area (Å²) in [6.07, 6.45) is 5.67. The maximum absolute atomic E-state index is 13.1. The monoisotopic (exact) mass is 474 g/mol. The molecule has 0 atom stereocenters. The van der Waals surface area contributed by atoms with Gasteiger partial charge in [-0.3, -0.25) is 13.9 Å². The van der Waals surface area contributed by atoms with E-state index in [9.17, 15) is 9.59 Å². The topological polar surface area (TPSA) is 91.3 Å². The molecule has 2 fully saturated rings. The zero-order valence-corrected chi connectivity index (χ0v) is 20.1. The molecule has 2 aromatic carbocycles. The van der Waals surface area contributed by atoms with Gasteiger partial charge in [-0.05, 0) is 68.7 Å². The number of aryl methyl sites for hydroxylation is 1. The molecule has 8 nitrogen and oxygen atoms in total. The molecule has 0 saturated heterocycles. The van der Waals surface area contributed by atoms with Crippen molar-refractivity contribution in [1.29, 1.82) is 0 Å². The third-order valence-corrected chi connectivity index (χ3v) is 7.63. The van der Waals surface area contributed by atoms with E-state index in [4.69, 9.17) is 9.15 Å². The fourth-order valence-corrected chi connectivity index (χ4v) is 5.37. The van der Waals surface area contributed by atoms with E-state index in [2.05, 4.69) is 10.3 Å². The molecule has 0 unspecified atom stereocenters. The van der Waals surface area contributed by atoms with Crippen LogP contribution in [0.25, 0.3) is 22.1 Å². The number of carbonyl (C=O) groups is 1. The van der Waals surface area contributed by atoms with Crippen molar-refractivity contribution in [2.24, 2.45) is 18.9 Å². The molecule has 2 aliphatic rings. The SMILES string of the molecule is COc1ccc2c(c1)n(CC1CCC(C(=O)Nc3cccc4oc(C5CC5)nc34)CC1)c(=O)n2C. The molecular formula is C27H30N4O4. The van der Waals surface area contributed by atoms with Crippen molar-refractivity contribution in [3.05, 3.63) is 52.8 Å². The maximum Gasteiger partial charge on any atom is 0.328 e. The second kappa shape index (κ2) is 8.59. The summed E-state index contributed by atoms with van der Waals surface area (Å²) >= 11 is 0. The molecular weight excluding hydrogens is 444 g/mol. The quantitative estimate of drug-likeness (QED) is 0.433. The van der Waals surface area contributed by atoms with Gasteiger partial charge in [0.2, 0.25) is 5.91 Å². The molecule has 1 amide bonds. The van der Waals surface area contributed by atoms with Crippen LogP contribution in [0.1, 0.15) is 50.3 Å². The van der Waals surface area contributed by atoms with Crippen LogP contribution in [0.4, 0.5) is 5.69 Å². The number of anilines is 1. The number of ether oxygens (including phenoxy) is 1. The standard InChI is InChI=1S/C27H30N4O4/c1-30-21-13-12-19(34-2)14-22(21)31(27(30)33)15-16-6-8-17(9-7-16)25(32)28-20-4-3-5-23-24(20)29-26(35-23)18-10-11-18/h3-5,12-14,16-18H,6-11,15H2,1-2H3,(H,28,32). The van der Waals surface area contributed by atoms with Crippen molar-refractivity contribution in [3.8, 4) is 5.75 Å². The Morgan fingerprint density at radius 3 is 2.66 bits per heavy atom. The van der Waals surface area contributed by atoms with Crippen molar-refractivity contribution in [2.45, 2.75) is 51.0 Å². The molecule has 0 aliphatic heterocycles. The van der Waals surface area contributed by atoms with Crippen LogP contribution in [-0.4, -0.2) is 27.1 Å². The van der Waals surface area contributed by atoms with Crippen LogP contribution < -0.4 is 15.7 Å². The highest BCUT2D eigenvalue weighted by atomic mass is 16.5. The Morgan fingerprint density at radius 1 is 1.11 bits per heavy atom. The Hall–Kier alpha value is -3.55. The van der Waals surface area contributed by atoms with E-state index in [1.807, 2.05) is 41.0 Å². The maximum atomic E-state index is 13.1. The zero-order chi connectivity index (χ0) is 24.1. The molecule has 2 aliphatic carbocycles. The van der Waals surface area contributed by atoms with Gasteiger partial charge in [0.1, 0.15) is 11.3 Å². The van der Waals surface area contributed by atoms with E-state index in [-0.39, 0.29) is 17.5 Å². The van der Waals surface area contributed by atoms with Gasteiger partial charge in [-0.2, -0.15) is 0 Å². The third kappa shape index (κ3) is 4.00. The van der Waals surface area contributed by atoms with Gasteiger partial charge in [0.15, 0.2) is 11.5 Å². The summed E-state index contributed by atoms with van der Waals surface area (Å²) in [6, 6.07) is 11.4. The summed E-state index contributed by atoms with van der Waals surface area (Å²) in [5.41, 5.74) is 3.97. The van der Waals surface area contributed by atoms with E-state index < -0.39 is 0 Å². The molecule has 0 bridgehead atoms. The van der Waals surface area contributed by atoms with Gasteiger partial charge >= 0.3 is 5.69 Å². The Kier molecular flexibility index (Phi) is 5.39. The molecule has 35 heavy (non-hydrogen) atoms. The van der Waals surface area contributed by atoms with E-state index >= 15 is 0 Å². The minimum Gasteiger partial charge on any atom is -0.497 e. The lowest BCUT2D eigenvalue weighted by Gasteiger charge is -2.28. The Labute approximate surface area is 202 Å². The first kappa shape index (κ1) is 21.9. The highest BCUT2D eigenvalue weighted by Gasteiger charge is 2.30. The van der Waals surface area contributed by atoms with Gasteiger partial charge in [0.05, 0.1) is 23.8 Å². The van der Waals surface area contributed by atoms with Gasteiger partial charge in [-0.15, -0.1) is 0 Å². The molecule has 2 saturated carbocycles. The number of oxazole rings is 1. The van der Waals surface area contributed by atoms with Crippen LogP contribution in [0.5, 0.6) is 5.75 Å². The number of rotatable bonds is 6. The number of hydrogen-bond acceptors (Lipinski definition) is 5. The number of imidazole rings is 1. The average Bonchev–Trinajstić information content (AvgIpc) is 3.60.